The molecule has 0 aromatic heterocycles. The molecule has 12 bridgehead atoms. The van der Waals surface area contributed by atoms with Crippen molar-refractivity contribution in [2.75, 3.05) is 6.61 Å². The Bertz CT molecular complexity index is 2340. The molecule has 0 aromatic rings. The summed E-state index contributed by atoms with van der Waals surface area (Å²) in [6, 6.07) is 0. The Morgan fingerprint density at radius 2 is 1.36 bits per heavy atom. The summed E-state index contributed by atoms with van der Waals surface area (Å²) >= 11 is 0. The van der Waals surface area contributed by atoms with E-state index in [-0.39, 0.29) is 177 Å². The summed E-state index contributed by atoms with van der Waals surface area (Å²) in [6.45, 7) is 17.5. The highest BCUT2D eigenvalue weighted by Crippen LogP contribution is 2.59. The highest BCUT2D eigenvalue weighted by Gasteiger charge is 2.68. The molecule has 0 radical (unpaired) electrons. The maximum Gasteiger partial charge on any atom is 0.308 e. The van der Waals surface area contributed by atoms with Crippen LogP contribution in [0, 0.1) is 35.5 Å². The van der Waals surface area contributed by atoms with Gasteiger partial charge in [0.1, 0.15) is 18.0 Å². The van der Waals surface area contributed by atoms with Gasteiger partial charge in [0.05, 0.1) is 135 Å². The summed E-state index contributed by atoms with van der Waals surface area (Å²) in [5.41, 5.74) is 2.17. The van der Waals surface area contributed by atoms with Gasteiger partial charge in [-0.1, -0.05) is 40.9 Å². The number of hydrogen-bond acceptors (Lipinski definition) is 18. The van der Waals surface area contributed by atoms with E-state index in [1.165, 1.54) is 0 Å². The Kier molecular flexibility index (Phi) is 15.2. The average molecular weight is 1120 g/mol. The van der Waals surface area contributed by atoms with Gasteiger partial charge in [0, 0.05) is 76.2 Å². The molecule has 0 amide bonds. The summed E-state index contributed by atoms with van der Waals surface area (Å²) in [4.78, 5) is 27.0. The lowest BCUT2D eigenvalue weighted by Gasteiger charge is -2.50. The number of esters is 1. The molecule has 18 nitrogen and oxygen atoms in total. The Morgan fingerprint density at radius 3 is 2.21 bits per heavy atom. The first kappa shape index (κ1) is 55.9. The molecule has 446 valence electrons. The predicted octanol–water partition coefficient (Wildman–Crippen LogP) is 6.03. The molecular weight excluding hydrogens is 1030 g/mol. The van der Waals surface area contributed by atoms with Crippen LogP contribution in [0.4, 0.5) is 0 Å². The van der Waals surface area contributed by atoms with Crippen molar-refractivity contribution in [3.05, 3.63) is 24.3 Å². The monoisotopic (exact) mass is 1120 g/mol. The minimum atomic E-state index is -0.961. The Balaban J connectivity index is 0.669. The van der Waals surface area contributed by atoms with Crippen LogP contribution in [-0.4, -0.2) is 186 Å². The number of rotatable bonds is 7. The van der Waals surface area contributed by atoms with Crippen molar-refractivity contribution in [1.29, 1.82) is 0 Å². The van der Waals surface area contributed by atoms with Gasteiger partial charge in [-0.15, -0.1) is 0 Å². The second-order valence-corrected chi connectivity index (χ2v) is 27.9. The number of carbonyl (C=O) groups is 2. The third-order valence-corrected chi connectivity index (χ3v) is 22.3. The van der Waals surface area contributed by atoms with Crippen molar-refractivity contribution < 1.29 is 86.5 Å². The van der Waals surface area contributed by atoms with Crippen molar-refractivity contribution >= 4 is 11.8 Å². The summed E-state index contributed by atoms with van der Waals surface area (Å²) in [7, 11) is 0. The van der Waals surface area contributed by atoms with Gasteiger partial charge >= 0.3 is 5.97 Å². The molecule has 31 atom stereocenters. The van der Waals surface area contributed by atoms with Gasteiger partial charge in [0.15, 0.2) is 11.6 Å². The molecule has 0 aromatic carbocycles. The van der Waals surface area contributed by atoms with Crippen molar-refractivity contribution in [3.63, 3.8) is 0 Å². The van der Waals surface area contributed by atoms with Crippen molar-refractivity contribution in [1.82, 2.24) is 0 Å². The number of aliphatic hydroxyl groups is 3. The normalized spacial score (nSPS) is 54.7. The molecule has 14 heterocycles. The van der Waals surface area contributed by atoms with Gasteiger partial charge in [-0.25, -0.2) is 0 Å². The number of hydrogen-bond donors (Lipinski definition) is 3. The second kappa shape index (κ2) is 21.8. The first-order valence-electron chi connectivity index (χ1n) is 31.5. The number of aliphatic hydroxyl groups excluding tert-OH is 3. The van der Waals surface area contributed by atoms with Crippen LogP contribution in [0.25, 0.3) is 0 Å². The van der Waals surface area contributed by atoms with Crippen LogP contribution in [0.5, 0.6) is 0 Å². The van der Waals surface area contributed by atoms with Crippen LogP contribution in [-0.2, 0) is 71.2 Å². The SMILES string of the molecule is C=C1C[C@@H]2CC[C@@]34C[C@H]5O[C@@H]6[C@@H](C[C@H]7CC[C@H](CC(=O)O[C@H]8C(C[C@H]9O[C@@H](CC[C@@H]1O2)C[C@@H](C)C9=C)O[C@H]1C[C@H]2O[C@@]9(CC%10O[C@H](C[C@H](C)C%11O[C@H](CC(=O)CCO)[C@H](O)C[C@@H]%11O)C[C@H](C)[C@@H]%10O9)C[C@H]2O[C@H]1[C@@H]8C)O[C@@H]7[C@@H]6O3)[C@@H]5O4. The van der Waals surface area contributed by atoms with E-state index in [2.05, 4.69) is 33.9 Å². The Labute approximate surface area is 471 Å². The highest BCUT2D eigenvalue weighted by molar-refractivity contribution is 5.79. The zero-order valence-corrected chi connectivity index (χ0v) is 47.5. The predicted molar refractivity (Wildman–Crippen MR) is 282 cm³/mol. The molecule has 15 aliphatic rings. The number of Topliss-reactive ketones (excluding diaryl/α,β-unsaturated/α-hetero) is 1. The maximum absolute atomic E-state index is 14.6. The number of fused-ring (bicyclic) bond motifs is 9. The van der Waals surface area contributed by atoms with E-state index < -0.39 is 48.2 Å². The van der Waals surface area contributed by atoms with Gasteiger partial charge in [-0.05, 0) is 99.0 Å². The molecule has 1 aliphatic carbocycles. The van der Waals surface area contributed by atoms with Crippen molar-refractivity contribution in [3.8, 4) is 0 Å². The van der Waals surface area contributed by atoms with Crippen LogP contribution < -0.4 is 0 Å². The van der Waals surface area contributed by atoms with Gasteiger partial charge in [0.25, 0.3) is 0 Å². The van der Waals surface area contributed by atoms with Gasteiger partial charge in [0.2, 0.25) is 0 Å². The van der Waals surface area contributed by atoms with E-state index in [4.69, 9.17) is 61.6 Å². The van der Waals surface area contributed by atoms with Crippen LogP contribution in [0.15, 0.2) is 24.3 Å². The third-order valence-electron chi connectivity index (χ3n) is 22.3. The summed E-state index contributed by atoms with van der Waals surface area (Å²) < 4.78 is 89.9. The lowest BCUT2D eigenvalue weighted by atomic mass is 9.70. The largest absolute Gasteiger partial charge is 0.459 e. The average Bonchev–Trinajstić information content (AvgIpc) is 3.85. The van der Waals surface area contributed by atoms with E-state index in [0.717, 1.165) is 75.4 Å². The highest BCUT2D eigenvalue weighted by atomic mass is 16.8. The molecule has 15 fully saturated rings. The first-order valence-corrected chi connectivity index (χ1v) is 31.5. The fourth-order valence-corrected chi connectivity index (χ4v) is 18.3. The van der Waals surface area contributed by atoms with Crippen molar-refractivity contribution in [2.45, 2.75) is 308 Å². The molecule has 3 unspecified atom stereocenters. The van der Waals surface area contributed by atoms with Gasteiger partial charge < -0.3 is 76.9 Å². The Hall–Kier alpha value is -1.98. The number of ether oxygens (including phenoxy) is 13. The lowest BCUT2D eigenvalue weighted by molar-refractivity contribution is -0.283. The zero-order chi connectivity index (χ0) is 55.1. The molecule has 18 heteroatoms. The molecule has 2 spiro atoms. The minimum Gasteiger partial charge on any atom is -0.459 e. The quantitative estimate of drug-likeness (QED) is 0.196. The molecule has 15 rings (SSSR count). The summed E-state index contributed by atoms with van der Waals surface area (Å²) in [5.74, 6) is -1.53. The fraction of sp³-hybridized carbons (Fsp3) is 0.903. The van der Waals surface area contributed by atoms with Crippen molar-refractivity contribution in [2.24, 2.45) is 35.5 Å². The molecule has 1 saturated carbocycles. The van der Waals surface area contributed by atoms with E-state index in [0.29, 0.717) is 44.4 Å². The fourth-order valence-electron chi connectivity index (χ4n) is 18.3. The molecule has 3 N–H and O–H groups in total. The van der Waals surface area contributed by atoms with E-state index >= 15 is 0 Å². The van der Waals surface area contributed by atoms with Crippen LogP contribution >= 0.6 is 0 Å². The van der Waals surface area contributed by atoms with E-state index in [9.17, 15) is 24.9 Å². The summed E-state index contributed by atoms with van der Waals surface area (Å²) in [5, 5.41) is 31.0. The first-order chi connectivity index (χ1) is 38.5. The topological polar surface area (TPSA) is 215 Å². The van der Waals surface area contributed by atoms with Crippen LogP contribution in [0.2, 0.25) is 0 Å². The smallest absolute Gasteiger partial charge is 0.308 e. The van der Waals surface area contributed by atoms with E-state index in [1.807, 2.05) is 6.92 Å². The third kappa shape index (κ3) is 10.3. The number of ketones is 1. The second-order valence-electron chi connectivity index (χ2n) is 27.9. The molecular formula is C62H90O18. The number of carbonyl (C=O) groups excluding carboxylic acids is 2. The lowest BCUT2D eigenvalue weighted by Crippen LogP contribution is -2.61. The van der Waals surface area contributed by atoms with Crippen LogP contribution in [0.1, 0.15) is 156 Å². The van der Waals surface area contributed by atoms with Gasteiger partial charge in [-0.3, -0.25) is 9.59 Å². The van der Waals surface area contributed by atoms with Gasteiger partial charge in [-0.2, -0.15) is 0 Å². The molecule has 14 aliphatic heterocycles. The molecule has 14 saturated heterocycles. The summed E-state index contributed by atoms with van der Waals surface area (Å²) in [6.07, 6.45) is 4.81. The zero-order valence-electron chi connectivity index (χ0n) is 47.5. The Morgan fingerprint density at radius 1 is 0.625 bits per heavy atom. The standard InChI is InChI=1S/C62H90O18/c1-28-15-36-9-10-43-29(2)16-38(68-43)11-13-61-26-51-58(79-61)40-19-34-7-8-37(71-57(34)60(80-61)59(40)75-51)21-52(67)76-56-33(6)55-48(72-47(56)23-44(69-36)32(28)5)24-46-49(74-55)25-62(77-46)27-50-54(78-62)31(4)18-39(70-50)17-30(3)53-42(66)22-41(65)45(73-53)20-35(64)12-14-63/h28,30-31,33-34,36-51,53-60,63,65-66H,2,5,7-27H2,1,3-4,6H3/t28-,30+,31+,33+,34-,36+,37-,38+,39-,40+,41-,42+,43+,44-,45-,46-,47?,48+,49-,50?,51-,53?,54+,55+,56-,57+,58+,59-,60+,61+,62+/m1/s1. The molecule has 80 heavy (non-hydrogen) atoms. The maximum atomic E-state index is 14.6. The minimum absolute atomic E-state index is 0.00570. The van der Waals surface area contributed by atoms with E-state index in [1.54, 1.807) is 0 Å². The van der Waals surface area contributed by atoms with Crippen LogP contribution in [0.3, 0.4) is 0 Å².